The van der Waals surface area contributed by atoms with E-state index in [0.717, 1.165) is 6.29 Å². The Morgan fingerprint density at radius 3 is 2.20 bits per heavy atom. The van der Waals surface area contributed by atoms with Crippen LogP contribution < -0.4 is 0 Å². The van der Waals surface area contributed by atoms with Crippen molar-refractivity contribution in [2.45, 2.75) is 5.54 Å². The summed E-state index contributed by atoms with van der Waals surface area (Å²) in [5.74, 6) is -0.183. The van der Waals surface area contributed by atoms with Crippen LogP contribution in [0, 0.1) is 5.92 Å². The van der Waals surface area contributed by atoms with E-state index in [1.54, 1.807) is 0 Å². The molecule has 0 saturated carbocycles. The zero-order valence-electron chi connectivity index (χ0n) is 11.2. The number of benzene rings is 2. The van der Waals surface area contributed by atoms with E-state index in [1.165, 1.54) is 22.3 Å². The standard InChI is InChI=1S/C17H15NO2/c1-18-17(12(10-19)11-20-18)15-8-4-2-6-13(15)14-7-3-5-9-16(14)17/h2-10,12H,11H2,1H3. The molecule has 2 aliphatic rings. The van der Waals surface area contributed by atoms with Crippen molar-refractivity contribution in [1.82, 2.24) is 5.06 Å². The molecule has 2 aromatic carbocycles. The number of hydrogen-bond donors (Lipinski definition) is 0. The van der Waals surface area contributed by atoms with Crippen LogP contribution in [0.2, 0.25) is 0 Å². The van der Waals surface area contributed by atoms with E-state index in [4.69, 9.17) is 4.84 Å². The third kappa shape index (κ3) is 1.20. The number of aldehydes is 1. The monoisotopic (exact) mass is 265 g/mol. The average Bonchev–Trinajstić information content (AvgIpc) is 2.99. The maximum absolute atomic E-state index is 11.6. The maximum Gasteiger partial charge on any atom is 0.128 e. The summed E-state index contributed by atoms with van der Waals surface area (Å²) in [5, 5.41) is 1.86. The van der Waals surface area contributed by atoms with Gasteiger partial charge >= 0.3 is 0 Å². The minimum absolute atomic E-state index is 0.183. The van der Waals surface area contributed by atoms with E-state index in [0.29, 0.717) is 6.61 Å². The average molecular weight is 265 g/mol. The van der Waals surface area contributed by atoms with Crippen molar-refractivity contribution in [3.05, 3.63) is 59.7 Å². The first-order valence-electron chi connectivity index (χ1n) is 6.81. The number of nitrogens with zero attached hydrogens (tertiary/aromatic N) is 1. The second kappa shape index (κ2) is 4.01. The SMILES string of the molecule is CN1OCC(C=O)C12c1ccccc1-c1ccccc12. The van der Waals surface area contributed by atoms with Gasteiger partial charge in [-0.15, -0.1) is 0 Å². The first-order chi connectivity index (χ1) is 9.80. The summed E-state index contributed by atoms with van der Waals surface area (Å²) in [6, 6.07) is 16.6. The normalized spacial score (nSPS) is 22.8. The lowest BCUT2D eigenvalue weighted by Gasteiger charge is -2.34. The molecule has 1 spiro atoms. The summed E-state index contributed by atoms with van der Waals surface area (Å²) in [7, 11) is 1.92. The molecule has 1 unspecified atom stereocenters. The first-order valence-corrected chi connectivity index (χ1v) is 6.81. The zero-order valence-corrected chi connectivity index (χ0v) is 11.2. The van der Waals surface area contributed by atoms with E-state index < -0.39 is 5.54 Å². The minimum Gasteiger partial charge on any atom is -0.303 e. The van der Waals surface area contributed by atoms with Crippen LogP contribution in [-0.4, -0.2) is 25.0 Å². The maximum atomic E-state index is 11.6. The van der Waals surface area contributed by atoms with E-state index in [2.05, 4.69) is 24.3 Å². The van der Waals surface area contributed by atoms with Crippen molar-refractivity contribution >= 4 is 6.29 Å². The van der Waals surface area contributed by atoms with Crippen LogP contribution in [0.15, 0.2) is 48.5 Å². The topological polar surface area (TPSA) is 29.5 Å². The molecule has 1 aliphatic heterocycles. The van der Waals surface area contributed by atoms with Crippen molar-refractivity contribution in [2.75, 3.05) is 13.7 Å². The number of fused-ring (bicyclic) bond motifs is 5. The Morgan fingerprint density at radius 1 is 1.10 bits per heavy atom. The van der Waals surface area contributed by atoms with Crippen molar-refractivity contribution in [2.24, 2.45) is 5.92 Å². The molecule has 3 heteroatoms. The van der Waals surface area contributed by atoms with Gasteiger partial charge in [-0.2, -0.15) is 5.06 Å². The summed E-state index contributed by atoms with van der Waals surface area (Å²) in [5.41, 5.74) is 4.26. The Hall–Kier alpha value is -1.97. The molecule has 2 aromatic rings. The van der Waals surface area contributed by atoms with Gasteiger partial charge in [-0.3, -0.25) is 4.84 Å². The van der Waals surface area contributed by atoms with Crippen LogP contribution in [0.1, 0.15) is 11.1 Å². The highest BCUT2D eigenvalue weighted by Gasteiger charge is 2.56. The minimum atomic E-state index is -0.477. The van der Waals surface area contributed by atoms with Crippen LogP contribution in [0.3, 0.4) is 0 Å². The molecule has 4 rings (SSSR count). The van der Waals surface area contributed by atoms with Crippen LogP contribution in [0.5, 0.6) is 0 Å². The molecule has 3 nitrogen and oxygen atoms in total. The summed E-state index contributed by atoms with van der Waals surface area (Å²) < 4.78 is 0. The van der Waals surface area contributed by atoms with Gasteiger partial charge in [0.1, 0.15) is 11.8 Å². The highest BCUT2D eigenvalue weighted by atomic mass is 16.7. The number of carbonyl (C=O) groups is 1. The fourth-order valence-corrected chi connectivity index (χ4v) is 3.77. The number of hydrogen-bond acceptors (Lipinski definition) is 3. The lowest BCUT2D eigenvalue weighted by Crippen LogP contribution is -2.42. The first kappa shape index (κ1) is 11.8. The summed E-state index contributed by atoms with van der Waals surface area (Å²) in [4.78, 5) is 17.3. The molecular weight excluding hydrogens is 250 g/mol. The Labute approximate surface area is 117 Å². The van der Waals surface area contributed by atoms with Crippen LogP contribution in [-0.2, 0) is 15.2 Å². The molecule has 1 heterocycles. The second-order valence-electron chi connectivity index (χ2n) is 5.39. The molecule has 0 amide bonds. The number of hydroxylamine groups is 2. The Balaban J connectivity index is 2.12. The van der Waals surface area contributed by atoms with Gasteiger partial charge in [-0.05, 0) is 22.3 Å². The largest absolute Gasteiger partial charge is 0.303 e. The van der Waals surface area contributed by atoms with Crippen molar-refractivity contribution in [3.63, 3.8) is 0 Å². The predicted molar refractivity (Wildman–Crippen MR) is 75.9 cm³/mol. The van der Waals surface area contributed by atoms with Crippen LogP contribution >= 0.6 is 0 Å². The molecule has 0 N–H and O–H groups in total. The summed E-state index contributed by atoms with van der Waals surface area (Å²) in [6.45, 7) is 0.433. The Bertz CT molecular complexity index is 649. The Morgan fingerprint density at radius 2 is 1.65 bits per heavy atom. The van der Waals surface area contributed by atoms with Crippen LogP contribution in [0.4, 0.5) is 0 Å². The molecule has 1 fully saturated rings. The van der Waals surface area contributed by atoms with Crippen LogP contribution in [0.25, 0.3) is 11.1 Å². The quantitative estimate of drug-likeness (QED) is 0.742. The lowest BCUT2D eigenvalue weighted by molar-refractivity contribution is -0.134. The van der Waals surface area contributed by atoms with Crippen molar-refractivity contribution in [1.29, 1.82) is 0 Å². The molecular formula is C17H15NO2. The van der Waals surface area contributed by atoms with Gasteiger partial charge in [0.2, 0.25) is 0 Å². The molecule has 1 atom stereocenters. The van der Waals surface area contributed by atoms with Gasteiger partial charge in [0.05, 0.1) is 12.5 Å². The van der Waals surface area contributed by atoms with Gasteiger partial charge in [0, 0.05) is 7.05 Å². The predicted octanol–water partition coefficient (Wildman–Crippen LogP) is 2.60. The highest BCUT2D eigenvalue weighted by Crippen LogP contribution is 2.55. The van der Waals surface area contributed by atoms with E-state index in [-0.39, 0.29) is 5.92 Å². The molecule has 0 aromatic heterocycles. The zero-order chi connectivity index (χ0) is 13.7. The number of rotatable bonds is 1. The molecule has 100 valence electrons. The summed E-state index contributed by atoms with van der Waals surface area (Å²) in [6.07, 6.45) is 1.03. The van der Waals surface area contributed by atoms with E-state index in [9.17, 15) is 4.79 Å². The second-order valence-corrected chi connectivity index (χ2v) is 5.39. The third-order valence-corrected chi connectivity index (χ3v) is 4.61. The smallest absolute Gasteiger partial charge is 0.128 e. The van der Waals surface area contributed by atoms with Gasteiger partial charge in [0.15, 0.2) is 0 Å². The molecule has 0 radical (unpaired) electrons. The molecule has 1 saturated heterocycles. The van der Waals surface area contributed by atoms with Gasteiger partial charge in [-0.1, -0.05) is 48.5 Å². The van der Waals surface area contributed by atoms with E-state index in [1.807, 2.05) is 36.4 Å². The number of carbonyl (C=O) groups excluding carboxylic acids is 1. The molecule has 1 aliphatic carbocycles. The fraction of sp³-hybridized carbons (Fsp3) is 0.235. The lowest BCUT2D eigenvalue weighted by atomic mass is 9.77. The van der Waals surface area contributed by atoms with E-state index >= 15 is 0 Å². The fourth-order valence-electron chi connectivity index (χ4n) is 3.77. The molecule has 20 heavy (non-hydrogen) atoms. The van der Waals surface area contributed by atoms with Gasteiger partial charge < -0.3 is 4.79 Å². The Kier molecular flexibility index (Phi) is 2.37. The molecule has 0 bridgehead atoms. The van der Waals surface area contributed by atoms with Crippen molar-refractivity contribution < 1.29 is 9.63 Å². The highest BCUT2D eigenvalue weighted by molar-refractivity contribution is 5.83. The third-order valence-electron chi connectivity index (χ3n) is 4.61. The van der Waals surface area contributed by atoms with Gasteiger partial charge in [0.25, 0.3) is 0 Å². The van der Waals surface area contributed by atoms with Crippen molar-refractivity contribution in [3.8, 4) is 11.1 Å². The van der Waals surface area contributed by atoms with Gasteiger partial charge in [-0.25, -0.2) is 0 Å². The summed E-state index contributed by atoms with van der Waals surface area (Å²) >= 11 is 0.